The van der Waals surface area contributed by atoms with Crippen molar-refractivity contribution in [2.24, 2.45) is 0 Å². The van der Waals surface area contributed by atoms with Crippen molar-refractivity contribution in [3.63, 3.8) is 0 Å². The second-order valence-electron chi connectivity index (χ2n) is 6.05. The summed E-state index contributed by atoms with van der Waals surface area (Å²) in [5, 5.41) is 3.55. The molecule has 1 saturated heterocycles. The number of halogens is 3. The largest absolute Gasteiger partial charge is 0.401 e. The third-order valence-electron chi connectivity index (χ3n) is 4.41. The Morgan fingerprint density at radius 1 is 1.10 bits per heavy atom. The van der Waals surface area contributed by atoms with E-state index < -0.39 is 12.7 Å². The molecule has 118 valence electrons. The maximum Gasteiger partial charge on any atom is 0.401 e. The van der Waals surface area contributed by atoms with Gasteiger partial charge in [-0.15, -0.1) is 0 Å². The molecule has 1 N–H and O–H groups in total. The molecule has 0 spiro atoms. The van der Waals surface area contributed by atoms with Crippen molar-refractivity contribution in [1.82, 2.24) is 15.1 Å². The fraction of sp³-hybridized carbons (Fsp3) is 1.00. The van der Waals surface area contributed by atoms with E-state index in [0.717, 1.165) is 32.5 Å². The minimum atomic E-state index is -4.06. The Morgan fingerprint density at radius 3 is 2.40 bits per heavy atom. The van der Waals surface area contributed by atoms with Gasteiger partial charge in [0.1, 0.15) is 0 Å². The molecule has 1 aliphatic heterocycles. The predicted octanol–water partition coefficient (Wildman–Crippen LogP) is 2.09. The summed E-state index contributed by atoms with van der Waals surface area (Å²) in [6.45, 7) is 5.12. The van der Waals surface area contributed by atoms with Crippen molar-refractivity contribution < 1.29 is 13.2 Å². The molecule has 0 amide bonds. The zero-order chi connectivity index (χ0) is 14.6. The summed E-state index contributed by atoms with van der Waals surface area (Å²) in [4.78, 5) is 3.92. The summed E-state index contributed by atoms with van der Waals surface area (Å²) in [6.07, 6.45) is 0.620. The van der Waals surface area contributed by atoms with Crippen LogP contribution in [-0.2, 0) is 0 Å². The van der Waals surface area contributed by atoms with E-state index in [9.17, 15) is 13.2 Å². The molecular weight excluding hydrogens is 267 g/mol. The fourth-order valence-electron chi connectivity index (χ4n) is 3.36. The zero-order valence-corrected chi connectivity index (χ0v) is 12.3. The number of piperazine rings is 1. The van der Waals surface area contributed by atoms with Crippen molar-refractivity contribution in [3.8, 4) is 0 Å². The minimum absolute atomic E-state index is 0.545. The van der Waals surface area contributed by atoms with Crippen molar-refractivity contribution in [1.29, 1.82) is 0 Å². The van der Waals surface area contributed by atoms with Gasteiger partial charge in [0.2, 0.25) is 0 Å². The van der Waals surface area contributed by atoms with Crippen LogP contribution in [0.2, 0.25) is 0 Å². The molecule has 2 fully saturated rings. The molecule has 2 aliphatic rings. The standard InChI is InChI=1S/C14H26F3N3/c1-2-5-18-12-3-4-13(10-12)20-8-6-19(7-9-20)11-14(15,16)17/h12-13,18H,2-11H2,1H3. The summed E-state index contributed by atoms with van der Waals surface area (Å²) < 4.78 is 37.0. The van der Waals surface area contributed by atoms with Crippen molar-refractivity contribution in [3.05, 3.63) is 0 Å². The Balaban J connectivity index is 1.69. The second kappa shape index (κ2) is 7.09. The molecule has 2 unspecified atom stereocenters. The Morgan fingerprint density at radius 2 is 1.80 bits per heavy atom. The summed E-state index contributed by atoms with van der Waals surface area (Å²) in [6, 6.07) is 1.17. The van der Waals surface area contributed by atoms with Crippen LogP contribution in [-0.4, -0.2) is 67.3 Å². The topological polar surface area (TPSA) is 18.5 Å². The summed E-state index contributed by atoms with van der Waals surface area (Å²) >= 11 is 0. The molecule has 2 atom stereocenters. The van der Waals surface area contributed by atoms with E-state index in [0.29, 0.717) is 25.2 Å². The van der Waals surface area contributed by atoms with Gasteiger partial charge in [-0.1, -0.05) is 6.92 Å². The van der Waals surface area contributed by atoms with Crippen LogP contribution in [0.25, 0.3) is 0 Å². The Labute approximate surface area is 119 Å². The highest BCUT2D eigenvalue weighted by Gasteiger charge is 2.34. The van der Waals surface area contributed by atoms with Gasteiger partial charge in [0, 0.05) is 38.3 Å². The number of hydrogen-bond acceptors (Lipinski definition) is 3. The van der Waals surface area contributed by atoms with E-state index in [-0.39, 0.29) is 0 Å². The van der Waals surface area contributed by atoms with Crippen LogP contribution >= 0.6 is 0 Å². The molecule has 2 rings (SSSR count). The average Bonchev–Trinajstić information content (AvgIpc) is 2.84. The molecule has 1 heterocycles. The maximum absolute atomic E-state index is 12.3. The SMILES string of the molecule is CCCNC1CCC(N2CCN(CC(F)(F)F)CC2)C1. The van der Waals surface area contributed by atoms with E-state index in [2.05, 4.69) is 17.1 Å². The van der Waals surface area contributed by atoms with Crippen LogP contribution < -0.4 is 5.32 Å². The third kappa shape index (κ3) is 4.90. The van der Waals surface area contributed by atoms with E-state index in [1.165, 1.54) is 17.7 Å². The molecule has 0 bridgehead atoms. The fourth-order valence-corrected chi connectivity index (χ4v) is 3.36. The van der Waals surface area contributed by atoms with Crippen LogP contribution in [0, 0.1) is 0 Å². The first-order valence-corrected chi connectivity index (χ1v) is 7.74. The molecule has 0 radical (unpaired) electrons. The van der Waals surface area contributed by atoms with Gasteiger partial charge in [-0.05, 0) is 32.2 Å². The Hall–Kier alpha value is -0.330. The number of alkyl halides is 3. The normalized spacial score (nSPS) is 30.0. The first kappa shape index (κ1) is 16.0. The zero-order valence-electron chi connectivity index (χ0n) is 12.3. The Bertz CT molecular complexity index is 288. The molecule has 0 aromatic heterocycles. The summed E-state index contributed by atoms with van der Waals surface area (Å²) in [5.74, 6) is 0. The molecular formula is C14H26F3N3. The van der Waals surface area contributed by atoms with Gasteiger partial charge in [0.25, 0.3) is 0 Å². The van der Waals surface area contributed by atoms with Crippen LogP contribution in [0.4, 0.5) is 13.2 Å². The van der Waals surface area contributed by atoms with Crippen LogP contribution in [0.1, 0.15) is 32.6 Å². The average molecular weight is 293 g/mol. The maximum atomic E-state index is 12.3. The van der Waals surface area contributed by atoms with Gasteiger partial charge in [-0.2, -0.15) is 13.2 Å². The van der Waals surface area contributed by atoms with Gasteiger partial charge >= 0.3 is 6.18 Å². The molecule has 0 aromatic rings. The minimum Gasteiger partial charge on any atom is -0.314 e. The van der Waals surface area contributed by atoms with E-state index >= 15 is 0 Å². The molecule has 0 aromatic carbocycles. The van der Waals surface area contributed by atoms with Crippen molar-refractivity contribution in [2.45, 2.75) is 50.9 Å². The predicted molar refractivity (Wildman–Crippen MR) is 73.8 cm³/mol. The van der Waals surface area contributed by atoms with E-state index in [4.69, 9.17) is 0 Å². The third-order valence-corrected chi connectivity index (χ3v) is 4.41. The monoisotopic (exact) mass is 293 g/mol. The molecule has 6 heteroatoms. The Kier molecular flexibility index (Phi) is 5.69. The highest BCUT2D eigenvalue weighted by atomic mass is 19.4. The van der Waals surface area contributed by atoms with Gasteiger partial charge < -0.3 is 5.32 Å². The lowest BCUT2D eigenvalue weighted by Gasteiger charge is -2.38. The first-order chi connectivity index (χ1) is 9.48. The van der Waals surface area contributed by atoms with Gasteiger partial charge in [-0.25, -0.2) is 0 Å². The van der Waals surface area contributed by atoms with Crippen LogP contribution in [0.15, 0.2) is 0 Å². The lowest BCUT2D eigenvalue weighted by Crippen LogP contribution is -2.52. The van der Waals surface area contributed by atoms with Gasteiger partial charge in [-0.3, -0.25) is 9.80 Å². The summed E-state index contributed by atoms with van der Waals surface area (Å²) in [7, 11) is 0. The highest BCUT2D eigenvalue weighted by Crippen LogP contribution is 2.26. The highest BCUT2D eigenvalue weighted by molar-refractivity contribution is 4.89. The number of hydrogen-bond donors (Lipinski definition) is 1. The molecule has 1 saturated carbocycles. The van der Waals surface area contributed by atoms with Crippen molar-refractivity contribution >= 4 is 0 Å². The summed E-state index contributed by atoms with van der Waals surface area (Å²) in [5.41, 5.74) is 0. The molecule has 1 aliphatic carbocycles. The second-order valence-corrected chi connectivity index (χ2v) is 6.05. The number of nitrogens with one attached hydrogen (secondary N) is 1. The van der Waals surface area contributed by atoms with E-state index in [1.807, 2.05) is 0 Å². The molecule has 3 nitrogen and oxygen atoms in total. The van der Waals surface area contributed by atoms with Crippen molar-refractivity contribution in [2.75, 3.05) is 39.3 Å². The van der Waals surface area contributed by atoms with Crippen LogP contribution in [0.5, 0.6) is 0 Å². The number of rotatable bonds is 5. The number of nitrogens with zero attached hydrogens (tertiary/aromatic N) is 2. The van der Waals surface area contributed by atoms with E-state index in [1.54, 1.807) is 0 Å². The lowest BCUT2D eigenvalue weighted by atomic mass is 10.1. The van der Waals surface area contributed by atoms with Gasteiger partial charge in [0.15, 0.2) is 0 Å². The van der Waals surface area contributed by atoms with Crippen LogP contribution in [0.3, 0.4) is 0 Å². The first-order valence-electron chi connectivity index (χ1n) is 7.74. The molecule has 20 heavy (non-hydrogen) atoms. The quantitative estimate of drug-likeness (QED) is 0.837. The lowest BCUT2D eigenvalue weighted by molar-refractivity contribution is -0.149. The smallest absolute Gasteiger partial charge is 0.314 e. The van der Waals surface area contributed by atoms with Gasteiger partial charge in [0.05, 0.1) is 6.54 Å².